The fraction of sp³-hybridized carbons (Fsp3) is 0.312. The molecule has 0 spiro atoms. The maximum Gasteiger partial charge on any atom is 0.0568 e. The lowest BCUT2D eigenvalue weighted by molar-refractivity contribution is 0.579. The SMILES string of the molecule is C=CC(c1cc(-c2cnn(C)c2)ccc1Cl)C(C)C. The average Bonchev–Trinajstić information content (AvgIpc) is 2.79. The zero-order chi connectivity index (χ0) is 14.0. The lowest BCUT2D eigenvalue weighted by Crippen LogP contribution is -2.04. The van der Waals surface area contributed by atoms with Gasteiger partial charge in [0, 0.05) is 29.7 Å². The predicted octanol–water partition coefficient (Wildman–Crippen LogP) is 4.67. The van der Waals surface area contributed by atoms with Crippen molar-refractivity contribution in [3.8, 4) is 11.1 Å². The molecule has 0 N–H and O–H groups in total. The summed E-state index contributed by atoms with van der Waals surface area (Å²) in [6.45, 7) is 8.29. The number of aryl methyl sites for hydroxylation is 1. The van der Waals surface area contributed by atoms with E-state index in [4.69, 9.17) is 11.6 Å². The lowest BCUT2D eigenvalue weighted by atomic mass is 9.87. The molecule has 0 aliphatic rings. The van der Waals surface area contributed by atoms with Crippen LogP contribution in [0, 0.1) is 5.92 Å². The van der Waals surface area contributed by atoms with Crippen LogP contribution in [0.2, 0.25) is 5.02 Å². The van der Waals surface area contributed by atoms with E-state index in [1.807, 2.05) is 37.7 Å². The lowest BCUT2D eigenvalue weighted by Gasteiger charge is -2.19. The summed E-state index contributed by atoms with van der Waals surface area (Å²) >= 11 is 6.34. The van der Waals surface area contributed by atoms with E-state index in [1.165, 1.54) is 0 Å². The first-order valence-corrected chi connectivity index (χ1v) is 6.81. The Labute approximate surface area is 119 Å². The Morgan fingerprint density at radius 1 is 1.32 bits per heavy atom. The van der Waals surface area contributed by atoms with Gasteiger partial charge in [0.1, 0.15) is 0 Å². The van der Waals surface area contributed by atoms with Crippen LogP contribution < -0.4 is 0 Å². The van der Waals surface area contributed by atoms with Gasteiger partial charge in [0.2, 0.25) is 0 Å². The molecule has 0 saturated heterocycles. The molecule has 2 aromatic rings. The number of nitrogens with zero attached hydrogens (tertiary/aromatic N) is 2. The van der Waals surface area contributed by atoms with Gasteiger partial charge in [-0.1, -0.05) is 37.6 Å². The number of allylic oxidation sites excluding steroid dienone is 1. The summed E-state index contributed by atoms with van der Waals surface area (Å²) in [6.07, 6.45) is 5.84. The van der Waals surface area contributed by atoms with Gasteiger partial charge in [-0.15, -0.1) is 6.58 Å². The molecule has 100 valence electrons. The highest BCUT2D eigenvalue weighted by Gasteiger charge is 2.16. The molecule has 2 rings (SSSR count). The van der Waals surface area contributed by atoms with E-state index in [9.17, 15) is 0 Å². The molecule has 0 radical (unpaired) electrons. The van der Waals surface area contributed by atoms with Crippen LogP contribution in [0.5, 0.6) is 0 Å². The molecule has 0 aliphatic carbocycles. The molecule has 1 aromatic carbocycles. The van der Waals surface area contributed by atoms with Gasteiger partial charge < -0.3 is 0 Å². The molecular formula is C16H19ClN2. The molecule has 0 fully saturated rings. The predicted molar refractivity (Wildman–Crippen MR) is 81.4 cm³/mol. The van der Waals surface area contributed by atoms with E-state index in [0.29, 0.717) is 5.92 Å². The highest BCUT2D eigenvalue weighted by Crippen LogP contribution is 2.34. The van der Waals surface area contributed by atoms with Gasteiger partial charge in [-0.05, 0) is 29.2 Å². The van der Waals surface area contributed by atoms with Gasteiger partial charge in [-0.25, -0.2) is 0 Å². The fourth-order valence-corrected chi connectivity index (χ4v) is 2.55. The first-order chi connectivity index (χ1) is 9.02. The monoisotopic (exact) mass is 274 g/mol. The number of halogens is 1. The summed E-state index contributed by atoms with van der Waals surface area (Å²) in [5.41, 5.74) is 3.38. The topological polar surface area (TPSA) is 17.8 Å². The molecule has 0 bridgehead atoms. The van der Waals surface area contributed by atoms with Gasteiger partial charge in [0.15, 0.2) is 0 Å². The minimum atomic E-state index is 0.268. The van der Waals surface area contributed by atoms with Crippen molar-refractivity contribution >= 4 is 11.6 Å². The number of hydrogen-bond acceptors (Lipinski definition) is 1. The van der Waals surface area contributed by atoms with Crippen molar-refractivity contribution in [3.05, 3.63) is 53.8 Å². The third-order valence-electron chi connectivity index (χ3n) is 3.37. The Morgan fingerprint density at radius 2 is 2.05 bits per heavy atom. The summed E-state index contributed by atoms with van der Waals surface area (Å²) in [4.78, 5) is 0. The van der Waals surface area contributed by atoms with Crippen LogP contribution in [-0.2, 0) is 7.05 Å². The van der Waals surface area contributed by atoms with Crippen molar-refractivity contribution in [1.82, 2.24) is 9.78 Å². The smallest absolute Gasteiger partial charge is 0.0568 e. The molecule has 3 heteroatoms. The molecule has 0 saturated carbocycles. The number of rotatable bonds is 4. The van der Waals surface area contributed by atoms with Crippen LogP contribution in [0.25, 0.3) is 11.1 Å². The minimum absolute atomic E-state index is 0.268. The van der Waals surface area contributed by atoms with Crippen molar-refractivity contribution in [2.75, 3.05) is 0 Å². The van der Waals surface area contributed by atoms with E-state index >= 15 is 0 Å². The van der Waals surface area contributed by atoms with Gasteiger partial charge in [-0.3, -0.25) is 4.68 Å². The molecule has 2 nitrogen and oxygen atoms in total. The summed E-state index contributed by atoms with van der Waals surface area (Å²) < 4.78 is 1.80. The second kappa shape index (κ2) is 5.62. The van der Waals surface area contributed by atoms with Gasteiger partial charge in [-0.2, -0.15) is 5.10 Å². The number of aromatic nitrogens is 2. The summed E-state index contributed by atoms with van der Waals surface area (Å²) in [5, 5.41) is 5.01. The van der Waals surface area contributed by atoms with E-state index in [-0.39, 0.29) is 5.92 Å². The molecule has 19 heavy (non-hydrogen) atoms. The maximum atomic E-state index is 6.34. The molecule has 0 aliphatic heterocycles. The van der Waals surface area contributed by atoms with Crippen LogP contribution in [0.1, 0.15) is 25.3 Å². The van der Waals surface area contributed by atoms with E-state index in [2.05, 4.69) is 31.6 Å². The van der Waals surface area contributed by atoms with Crippen LogP contribution in [0.15, 0.2) is 43.2 Å². The Hall–Kier alpha value is -1.54. The first kappa shape index (κ1) is 13.9. The largest absolute Gasteiger partial charge is 0.275 e. The summed E-state index contributed by atoms with van der Waals surface area (Å²) in [7, 11) is 1.92. The van der Waals surface area contributed by atoms with Crippen LogP contribution in [-0.4, -0.2) is 9.78 Å². The highest BCUT2D eigenvalue weighted by atomic mass is 35.5. The Kier molecular flexibility index (Phi) is 4.11. The van der Waals surface area contributed by atoms with E-state index in [0.717, 1.165) is 21.7 Å². The van der Waals surface area contributed by atoms with Crippen molar-refractivity contribution in [1.29, 1.82) is 0 Å². The average molecular weight is 275 g/mol. The quantitative estimate of drug-likeness (QED) is 0.741. The molecular weight excluding hydrogens is 256 g/mol. The molecule has 1 heterocycles. The van der Waals surface area contributed by atoms with Gasteiger partial charge >= 0.3 is 0 Å². The normalized spacial score (nSPS) is 12.7. The summed E-state index contributed by atoms with van der Waals surface area (Å²) in [5.74, 6) is 0.739. The van der Waals surface area contributed by atoms with Crippen molar-refractivity contribution in [2.45, 2.75) is 19.8 Å². The fourth-order valence-electron chi connectivity index (χ4n) is 2.31. The van der Waals surface area contributed by atoms with Crippen LogP contribution in [0.4, 0.5) is 0 Å². The summed E-state index contributed by atoms with van der Waals surface area (Å²) in [6, 6.07) is 6.13. The molecule has 1 unspecified atom stereocenters. The second-order valence-electron chi connectivity index (χ2n) is 5.14. The van der Waals surface area contributed by atoms with E-state index < -0.39 is 0 Å². The molecule has 1 aromatic heterocycles. The Balaban J connectivity index is 2.47. The van der Waals surface area contributed by atoms with Crippen LogP contribution in [0.3, 0.4) is 0 Å². The maximum absolute atomic E-state index is 6.34. The molecule has 1 atom stereocenters. The zero-order valence-corrected chi connectivity index (χ0v) is 12.4. The third-order valence-corrected chi connectivity index (χ3v) is 3.71. The highest BCUT2D eigenvalue weighted by molar-refractivity contribution is 6.31. The van der Waals surface area contributed by atoms with Crippen molar-refractivity contribution in [2.24, 2.45) is 13.0 Å². The first-order valence-electron chi connectivity index (χ1n) is 6.44. The number of benzene rings is 1. The van der Waals surface area contributed by atoms with Crippen molar-refractivity contribution in [3.63, 3.8) is 0 Å². The second-order valence-corrected chi connectivity index (χ2v) is 5.55. The van der Waals surface area contributed by atoms with E-state index in [1.54, 1.807) is 4.68 Å². The minimum Gasteiger partial charge on any atom is -0.275 e. The van der Waals surface area contributed by atoms with Gasteiger partial charge in [0.25, 0.3) is 0 Å². The molecule has 0 amide bonds. The van der Waals surface area contributed by atoms with Crippen molar-refractivity contribution < 1.29 is 0 Å². The Morgan fingerprint density at radius 3 is 2.58 bits per heavy atom. The standard InChI is InChI=1S/C16H19ClN2/c1-5-14(11(2)3)15-8-12(6-7-16(15)17)13-9-18-19(4)10-13/h5-11,14H,1H2,2-4H3. The van der Waals surface area contributed by atoms with Gasteiger partial charge in [0.05, 0.1) is 6.20 Å². The number of hydrogen-bond donors (Lipinski definition) is 0. The zero-order valence-electron chi connectivity index (χ0n) is 11.6. The van der Waals surface area contributed by atoms with Crippen LogP contribution >= 0.6 is 11.6 Å². The third kappa shape index (κ3) is 2.90. The Bertz CT molecular complexity index is 584.